The van der Waals surface area contributed by atoms with Crippen molar-refractivity contribution >= 4 is 27.6 Å². The second kappa shape index (κ2) is 9.03. The Balaban J connectivity index is 1.30. The van der Waals surface area contributed by atoms with Gasteiger partial charge in [0.2, 0.25) is 10.0 Å². The van der Waals surface area contributed by atoms with Gasteiger partial charge in [0.25, 0.3) is 5.91 Å². The number of carbonyl (C=O) groups is 2. The highest BCUT2D eigenvalue weighted by molar-refractivity contribution is 7.89. The molecule has 1 saturated heterocycles. The average molecular weight is 457 g/mol. The molecule has 4 rings (SSSR count). The monoisotopic (exact) mass is 456 g/mol. The zero-order chi connectivity index (χ0) is 22.9. The van der Waals surface area contributed by atoms with Crippen molar-refractivity contribution in [2.24, 2.45) is 5.92 Å². The zero-order valence-electron chi connectivity index (χ0n) is 18.4. The molecule has 8 heteroatoms. The first-order valence-electron chi connectivity index (χ1n) is 10.9. The van der Waals surface area contributed by atoms with Gasteiger partial charge < -0.3 is 9.64 Å². The molecule has 1 fully saturated rings. The normalized spacial score (nSPS) is 17.2. The lowest BCUT2D eigenvalue weighted by atomic mass is 9.98. The van der Waals surface area contributed by atoms with E-state index in [0.29, 0.717) is 19.4 Å². The molecule has 2 aliphatic rings. The SMILES string of the molecule is Cc1ccc(S(=O)(=O)N2CCC(C(=O)OCC(=O)N3CCc4ccccc43)CC2)cc1C. The summed E-state index contributed by atoms with van der Waals surface area (Å²) >= 11 is 0. The number of nitrogens with zero attached hydrogens (tertiary/aromatic N) is 2. The van der Waals surface area contributed by atoms with Crippen LogP contribution in [-0.2, 0) is 30.8 Å². The van der Waals surface area contributed by atoms with Crippen LogP contribution in [0.2, 0.25) is 0 Å². The molecule has 0 unspecified atom stereocenters. The maximum absolute atomic E-state index is 12.9. The smallest absolute Gasteiger partial charge is 0.309 e. The summed E-state index contributed by atoms with van der Waals surface area (Å²) in [5.74, 6) is -1.08. The molecule has 0 bridgehead atoms. The molecule has 0 N–H and O–H groups in total. The van der Waals surface area contributed by atoms with Crippen LogP contribution < -0.4 is 4.90 Å². The molecular formula is C24H28N2O5S. The highest BCUT2D eigenvalue weighted by Gasteiger charge is 2.33. The van der Waals surface area contributed by atoms with Crippen LogP contribution >= 0.6 is 0 Å². The summed E-state index contributed by atoms with van der Waals surface area (Å²) in [5.41, 5.74) is 3.95. The molecule has 0 aromatic heterocycles. The number of aryl methyl sites for hydroxylation is 2. The van der Waals surface area contributed by atoms with Crippen LogP contribution in [0.1, 0.15) is 29.5 Å². The fourth-order valence-electron chi connectivity index (χ4n) is 4.28. The second-order valence-electron chi connectivity index (χ2n) is 8.46. The third-order valence-electron chi connectivity index (χ3n) is 6.43. The third-order valence-corrected chi connectivity index (χ3v) is 8.32. The molecule has 0 saturated carbocycles. The van der Waals surface area contributed by atoms with Crippen LogP contribution in [0.15, 0.2) is 47.4 Å². The average Bonchev–Trinajstić information content (AvgIpc) is 3.23. The summed E-state index contributed by atoms with van der Waals surface area (Å²) < 4.78 is 32.6. The molecule has 0 spiro atoms. The van der Waals surface area contributed by atoms with E-state index in [9.17, 15) is 18.0 Å². The summed E-state index contributed by atoms with van der Waals surface area (Å²) in [6.07, 6.45) is 1.55. The Labute approximate surface area is 189 Å². The highest BCUT2D eigenvalue weighted by Crippen LogP contribution is 2.28. The summed E-state index contributed by atoms with van der Waals surface area (Å²) in [4.78, 5) is 27.0. The first-order valence-corrected chi connectivity index (χ1v) is 12.3. The van der Waals surface area contributed by atoms with Gasteiger partial charge in [0.1, 0.15) is 0 Å². The van der Waals surface area contributed by atoms with E-state index in [0.717, 1.165) is 28.8 Å². The van der Waals surface area contributed by atoms with Crippen molar-refractivity contribution in [1.29, 1.82) is 0 Å². The van der Waals surface area contributed by atoms with E-state index >= 15 is 0 Å². The first-order chi connectivity index (χ1) is 15.3. The molecule has 1 amide bonds. The van der Waals surface area contributed by atoms with Crippen molar-refractivity contribution in [3.8, 4) is 0 Å². The lowest BCUT2D eigenvalue weighted by molar-refractivity contribution is -0.153. The lowest BCUT2D eigenvalue weighted by Crippen LogP contribution is -2.41. The molecule has 0 aliphatic carbocycles. The van der Waals surface area contributed by atoms with Crippen LogP contribution in [-0.4, -0.2) is 50.8 Å². The fraction of sp³-hybridized carbons (Fsp3) is 0.417. The van der Waals surface area contributed by atoms with Gasteiger partial charge in [0, 0.05) is 25.3 Å². The number of sulfonamides is 1. The minimum absolute atomic E-state index is 0.238. The van der Waals surface area contributed by atoms with Gasteiger partial charge in [-0.3, -0.25) is 9.59 Å². The Hall–Kier alpha value is -2.71. The Bertz CT molecular complexity index is 1140. The maximum Gasteiger partial charge on any atom is 0.309 e. The van der Waals surface area contributed by atoms with Crippen LogP contribution in [0.3, 0.4) is 0 Å². The minimum Gasteiger partial charge on any atom is -0.455 e. The van der Waals surface area contributed by atoms with Gasteiger partial charge in [0.15, 0.2) is 6.61 Å². The molecule has 2 aliphatic heterocycles. The highest BCUT2D eigenvalue weighted by atomic mass is 32.2. The Morgan fingerprint density at radius 3 is 2.44 bits per heavy atom. The van der Waals surface area contributed by atoms with E-state index in [-0.39, 0.29) is 30.5 Å². The molecule has 0 radical (unpaired) electrons. The molecule has 0 atom stereocenters. The number of rotatable bonds is 5. The van der Waals surface area contributed by atoms with Crippen LogP contribution in [0.5, 0.6) is 0 Å². The minimum atomic E-state index is -3.60. The molecule has 2 aromatic carbocycles. The summed E-state index contributed by atoms with van der Waals surface area (Å²) in [5, 5.41) is 0. The molecule has 7 nitrogen and oxygen atoms in total. The number of amides is 1. The van der Waals surface area contributed by atoms with E-state index in [2.05, 4.69) is 0 Å². The van der Waals surface area contributed by atoms with Gasteiger partial charge >= 0.3 is 5.97 Å². The molecular weight excluding hydrogens is 428 g/mol. The maximum atomic E-state index is 12.9. The number of hydrogen-bond donors (Lipinski definition) is 0. The van der Waals surface area contributed by atoms with Gasteiger partial charge in [-0.25, -0.2) is 8.42 Å². The standard InChI is InChI=1S/C24H28N2O5S/c1-17-7-8-21(15-18(17)2)32(29,30)25-12-9-20(10-13-25)24(28)31-16-23(27)26-14-11-19-5-3-4-6-22(19)26/h3-8,15,20H,9-14,16H2,1-2H3. The molecule has 170 valence electrons. The molecule has 32 heavy (non-hydrogen) atoms. The number of carbonyl (C=O) groups excluding carboxylic acids is 2. The van der Waals surface area contributed by atoms with E-state index < -0.39 is 21.9 Å². The van der Waals surface area contributed by atoms with Gasteiger partial charge in [-0.2, -0.15) is 4.31 Å². The summed E-state index contributed by atoms with van der Waals surface area (Å²) in [6, 6.07) is 12.8. The second-order valence-corrected chi connectivity index (χ2v) is 10.4. The van der Waals surface area contributed by atoms with E-state index in [4.69, 9.17) is 4.74 Å². The Morgan fingerprint density at radius 1 is 1.00 bits per heavy atom. The van der Waals surface area contributed by atoms with Gasteiger partial charge in [0.05, 0.1) is 10.8 Å². The summed E-state index contributed by atoms with van der Waals surface area (Å²) in [6.45, 7) is 4.62. The Kier molecular flexibility index (Phi) is 6.35. The number of para-hydroxylation sites is 1. The predicted molar refractivity (Wildman–Crippen MR) is 121 cm³/mol. The largest absolute Gasteiger partial charge is 0.455 e. The van der Waals surface area contributed by atoms with Crippen LogP contribution in [0.25, 0.3) is 0 Å². The lowest BCUT2D eigenvalue weighted by Gasteiger charge is -2.30. The predicted octanol–water partition coefficient (Wildman–Crippen LogP) is 2.84. The van der Waals surface area contributed by atoms with Crippen molar-refractivity contribution < 1.29 is 22.7 Å². The number of benzene rings is 2. The number of fused-ring (bicyclic) bond motifs is 1. The van der Waals surface area contributed by atoms with Gasteiger partial charge in [-0.05, 0) is 68.0 Å². The molecule has 2 heterocycles. The van der Waals surface area contributed by atoms with Gasteiger partial charge in [-0.15, -0.1) is 0 Å². The van der Waals surface area contributed by atoms with Crippen molar-refractivity contribution in [2.75, 3.05) is 31.1 Å². The molecule has 2 aromatic rings. The first kappa shape index (κ1) is 22.5. The van der Waals surface area contributed by atoms with E-state index in [1.165, 1.54) is 4.31 Å². The number of anilines is 1. The van der Waals surface area contributed by atoms with Crippen molar-refractivity contribution in [2.45, 2.75) is 38.0 Å². The number of ether oxygens (including phenoxy) is 1. The van der Waals surface area contributed by atoms with Crippen molar-refractivity contribution in [3.05, 3.63) is 59.2 Å². The fourth-order valence-corrected chi connectivity index (χ4v) is 5.84. The summed E-state index contributed by atoms with van der Waals surface area (Å²) in [7, 11) is -3.60. The van der Waals surface area contributed by atoms with Crippen molar-refractivity contribution in [3.63, 3.8) is 0 Å². The quantitative estimate of drug-likeness (QED) is 0.646. The number of piperidine rings is 1. The Morgan fingerprint density at radius 2 is 1.72 bits per heavy atom. The van der Waals surface area contributed by atoms with Crippen molar-refractivity contribution in [1.82, 2.24) is 4.31 Å². The van der Waals surface area contributed by atoms with E-state index in [1.807, 2.05) is 44.2 Å². The van der Waals surface area contributed by atoms with E-state index in [1.54, 1.807) is 17.0 Å². The third kappa shape index (κ3) is 4.42. The zero-order valence-corrected chi connectivity index (χ0v) is 19.2. The van der Waals surface area contributed by atoms with Crippen LogP contribution in [0.4, 0.5) is 5.69 Å². The number of hydrogen-bond acceptors (Lipinski definition) is 5. The van der Waals surface area contributed by atoms with Crippen LogP contribution in [0, 0.1) is 19.8 Å². The van der Waals surface area contributed by atoms with Gasteiger partial charge in [-0.1, -0.05) is 24.3 Å². The number of esters is 1. The topological polar surface area (TPSA) is 84.0 Å².